The minimum Gasteiger partial charge on any atom is -0.487 e. The third kappa shape index (κ3) is 1.81. The molecule has 79 valence electrons. The van der Waals surface area contributed by atoms with Crippen LogP contribution in [0.25, 0.3) is 0 Å². The van der Waals surface area contributed by atoms with E-state index < -0.39 is 12.0 Å². The van der Waals surface area contributed by atoms with Crippen molar-refractivity contribution < 1.29 is 14.3 Å². The molecule has 15 heavy (non-hydrogen) atoms. The molecule has 0 fully saturated rings. The molecule has 1 aliphatic rings. The van der Waals surface area contributed by atoms with Gasteiger partial charge in [-0.25, -0.2) is 0 Å². The van der Waals surface area contributed by atoms with Gasteiger partial charge in [0.05, 0.1) is 12.3 Å². The summed E-state index contributed by atoms with van der Waals surface area (Å²) in [6.07, 6.45) is -0.245. The van der Waals surface area contributed by atoms with Crippen molar-refractivity contribution in [3.63, 3.8) is 0 Å². The topological polar surface area (TPSA) is 87.6 Å². The molecule has 2 rings (SSSR count). The maximum absolute atomic E-state index is 11.0. The summed E-state index contributed by atoms with van der Waals surface area (Å²) in [6, 6.07) is 5.96. The minimum absolute atomic E-state index is 0.356. The van der Waals surface area contributed by atoms with Crippen LogP contribution in [-0.4, -0.2) is 18.6 Å². The Morgan fingerprint density at radius 3 is 3.07 bits per heavy atom. The van der Waals surface area contributed by atoms with Gasteiger partial charge in [-0.1, -0.05) is 0 Å². The molecular weight excluding hydrogens is 196 g/mol. The summed E-state index contributed by atoms with van der Waals surface area (Å²) in [5.41, 5.74) is 11.3. The molecule has 0 aliphatic carbocycles. The summed E-state index contributed by atoms with van der Waals surface area (Å²) in [4.78, 5) is 11.0. The van der Waals surface area contributed by atoms with Gasteiger partial charge < -0.3 is 20.9 Å². The number of fused-ring (bicyclic) bond motifs is 1. The molecule has 0 saturated heterocycles. The van der Waals surface area contributed by atoms with Crippen LogP contribution in [0, 0.1) is 6.07 Å². The van der Waals surface area contributed by atoms with Gasteiger partial charge in [0.2, 0.25) is 0 Å². The molecule has 5 nitrogen and oxygen atoms in total. The van der Waals surface area contributed by atoms with Gasteiger partial charge in [-0.15, -0.1) is 0 Å². The Morgan fingerprint density at radius 1 is 1.53 bits per heavy atom. The summed E-state index contributed by atoms with van der Waals surface area (Å²) < 4.78 is 10.8. The van der Waals surface area contributed by atoms with Crippen LogP contribution in [0.4, 0.5) is 5.69 Å². The first kappa shape index (κ1) is 9.64. The molecule has 1 heterocycles. The normalized spacial score (nSPS) is 19.3. The summed E-state index contributed by atoms with van der Waals surface area (Å²) in [7, 11) is 0. The monoisotopic (exact) mass is 207 g/mol. The number of nitrogen functional groups attached to an aromatic ring is 1. The maximum atomic E-state index is 11.0. The fourth-order valence-electron chi connectivity index (χ4n) is 1.40. The fourth-order valence-corrected chi connectivity index (χ4v) is 1.40. The molecule has 1 aliphatic heterocycles. The van der Waals surface area contributed by atoms with Gasteiger partial charge >= 0.3 is 0 Å². The lowest BCUT2D eigenvalue weighted by Gasteiger charge is -2.12. The number of carbonyl (C=O) groups is 1. The number of ether oxygens (including phenoxy) is 2. The predicted molar refractivity (Wildman–Crippen MR) is 53.4 cm³/mol. The lowest BCUT2D eigenvalue weighted by molar-refractivity contribution is -0.124. The largest absolute Gasteiger partial charge is 0.487 e. The number of hydrogen-bond acceptors (Lipinski definition) is 4. The van der Waals surface area contributed by atoms with Crippen molar-refractivity contribution in [1.29, 1.82) is 0 Å². The standard InChI is InChI=1S/C10H11N2O3/c11-6-2-1-3-7-9(6)14-5-4-8(15-7)10(12)13/h2-3,8H,4-5,11H2,(H2,12,13). The van der Waals surface area contributed by atoms with Gasteiger partial charge in [-0.05, 0) is 18.2 Å². The minimum atomic E-state index is -0.665. The Kier molecular flexibility index (Phi) is 2.37. The zero-order valence-corrected chi connectivity index (χ0v) is 8.03. The van der Waals surface area contributed by atoms with Crippen LogP contribution < -0.4 is 20.9 Å². The first-order valence-corrected chi connectivity index (χ1v) is 4.57. The first-order valence-electron chi connectivity index (χ1n) is 4.57. The second kappa shape index (κ2) is 3.68. The predicted octanol–water partition coefficient (Wildman–Crippen LogP) is 0.0842. The van der Waals surface area contributed by atoms with E-state index in [4.69, 9.17) is 20.9 Å². The van der Waals surface area contributed by atoms with Crippen LogP contribution in [0.3, 0.4) is 0 Å². The van der Waals surface area contributed by atoms with E-state index in [-0.39, 0.29) is 0 Å². The van der Waals surface area contributed by atoms with Crippen molar-refractivity contribution in [3.05, 3.63) is 18.2 Å². The Morgan fingerprint density at radius 2 is 2.33 bits per heavy atom. The smallest absolute Gasteiger partial charge is 0.258 e. The first-order chi connectivity index (χ1) is 7.18. The molecule has 0 aromatic heterocycles. The molecule has 1 aromatic carbocycles. The molecule has 1 aromatic rings. The van der Waals surface area contributed by atoms with Gasteiger partial charge in [0.15, 0.2) is 17.6 Å². The number of nitrogens with two attached hydrogens (primary N) is 2. The lowest BCUT2D eigenvalue weighted by atomic mass is 10.2. The highest BCUT2D eigenvalue weighted by atomic mass is 16.5. The van der Waals surface area contributed by atoms with E-state index in [1.165, 1.54) is 0 Å². The third-order valence-corrected chi connectivity index (χ3v) is 2.15. The molecule has 0 bridgehead atoms. The van der Waals surface area contributed by atoms with E-state index in [1.807, 2.05) is 0 Å². The second-order valence-electron chi connectivity index (χ2n) is 3.25. The molecule has 0 saturated carbocycles. The molecule has 4 N–H and O–H groups in total. The van der Waals surface area contributed by atoms with Crippen molar-refractivity contribution in [2.45, 2.75) is 12.5 Å². The molecular formula is C10H11N2O3. The lowest BCUT2D eigenvalue weighted by Crippen LogP contribution is -2.33. The number of anilines is 1. The van der Waals surface area contributed by atoms with Crippen molar-refractivity contribution >= 4 is 11.6 Å². The van der Waals surface area contributed by atoms with E-state index >= 15 is 0 Å². The van der Waals surface area contributed by atoms with Crippen LogP contribution >= 0.6 is 0 Å². The van der Waals surface area contributed by atoms with Crippen molar-refractivity contribution in [3.8, 4) is 11.5 Å². The molecule has 5 heteroatoms. The van der Waals surface area contributed by atoms with E-state index in [0.29, 0.717) is 30.2 Å². The van der Waals surface area contributed by atoms with Crippen molar-refractivity contribution in [2.24, 2.45) is 5.73 Å². The summed E-state index contributed by atoms with van der Waals surface area (Å²) >= 11 is 0. The van der Waals surface area contributed by atoms with E-state index in [1.54, 1.807) is 12.1 Å². The summed E-state index contributed by atoms with van der Waals surface area (Å²) in [5, 5.41) is 0. The number of carbonyl (C=O) groups excluding carboxylic acids is 1. The molecule has 1 radical (unpaired) electrons. The SMILES string of the molecule is NC(=O)C1CCOc2c(N)c[c]cc2O1. The Labute approximate surface area is 87.0 Å². The fraction of sp³-hybridized carbons (Fsp3) is 0.300. The maximum Gasteiger partial charge on any atom is 0.258 e. The quantitative estimate of drug-likeness (QED) is 0.638. The average Bonchev–Trinajstić information content (AvgIpc) is 2.40. The van der Waals surface area contributed by atoms with E-state index in [2.05, 4.69) is 6.07 Å². The highest BCUT2D eigenvalue weighted by Crippen LogP contribution is 2.35. The van der Waals surface area contributed by atoms with E-state index in [0.717, 1.165) is 0 Å². The van der Waals surface area contributed by atoms with Crippen LogP contribution in [0.1, 0.15) is 6.42 Å². The highest BCUT2D eigenvalue weighted by molar-refractivity contribution is 5.79. The van der Waals surface area contributed by atoms with Crippen LogP contribution in [-0.2, 0) is 4.79 Å². The van der Waals surface area contributed by atoms with Gasteiger partial charge in [0, 0.05) is 6.42 Å². The van der Waals surface area contributed by atoms with Crippen molar-refractivity contribution in [2.75, 3.05) is 12.3 Å². The number of benzene rings is 1. The van der Waals surface area contributed by atoms with Crippen LogP contribution in [0.2, 0.25) is 0 Å². The molecule has 1 unspecified atom stereocenters. The van der Waals surface area contributed by atoms with Gasteiger partial charge in [-0.3, -0.25) is 4.79 Å². The summed E-state index contributed by atoms with van der Waals surface area (Å²) in [6.45, 7) is 0.356. The highest BCUT2D eigenvalue weighted by Gasteiger charge is 2.23. The van der Waals surface area contributed by atoms with Crippen LogP contribution in [0.5, 0.6) is 11.5 Å². The zero-order valence-electron chi connectivity index (χ0n) is 8.03. The zero-order chi connectivity index (χ0) is 10.8. The number of hydrogen-bond donors (Lipinski definition) is 2. The third-order valence-electron chi connectivity index (χ3n) is 2.15. The number of rotatable bonds is 1. The molecule has 1 amide bonds. The van der Waals surface area contributed by atoms with Crippen molar-refractivity contribution in [1.82, 2.24) is 0 Å². The Hall–Kier alpha value is -1.91. The van der Waals surface area contributed by atoms with Gasteiger partial charge in [0.25, 0.3) is 5.91 Å². The Balaban J connectivity index is 2.34. The van der Waals surface area contributed by atoms with Gasteiger partial charge in [-0.2, -0.15) is 0 Å². The Bertz CT molecular complexity index is 392. The summed E-state index contributed by atoms with van der Waals surface area (Å²) in [5.74, 6) is 0.364. The number of amides is 1. The second-order valence-corrected chi connectivity index (χ2v) is 3.25. The average molecular weight is 207 g/mol. The van der Waals surface area contributed by atoms with E-state index in [9.17, 15) is 4.79 Å². The molecule has 0 spiro atoms. The molecule has 1 atom stereocenters. The number of primary amides is 1. The van der Waals surface area contributed by atoms with Gasteiger partial charge in [0.1, 0.15) is 0 Å². The van der Waals surface area contributed by atoms with Crippen LogP contribution in [0.15, 0.2) is 12.1 Å².